The SMILES string of the molecule is NC(=NN=Cc1ccc([N+](=O)[O-])s1)NN(O)O. The molecule has 0 radical (unpaired) electrons. The number of thiophene rings is 1. The van der Waals surface area contributed by atoms with Gasteiger partial charge in [-0.1, -0.05) is 11.3 Å². The fourth-order valence-electron chi connectivity index (χ4n) is 0.783. The monoisotopic (exact) mass is 260 g/mol. The number of nitrogens with zero attached hydrogens (tertiary/aromatic N) is 4. The molecule has 17 heavy (non-hydrogen) atoms. The van der Waals surface area contributed by atoms with Crippen LogP contribution >= 0.6 is 11.3 Å². The van der Waals surface area contributed by atoms with E-state index in [0.29, 0.717) is 4.88 Å². The van der Waals surface area contributed by atoms with Crippen LogP contribution in [-0.4, -0.2) is 32.8 Å². The molecule has 0 fully saturated rings. The van der Waals surface area contributed by atoms with Crippen LogP contribution in [0.15, 0.2) is 22.3 Å². The van der Waals surface area contributed by atoms with Gasteiger partial charge in [0.2, 0.25) is 5.96 Å². The van der Waals surface area contributed by atoms with Gasteiger partial charge in [-0.15, -0.1) is 5.10 Å². The molecule has 11 heteroatoms. The van der Waals surface area contributed by atoms with Gasteiger partial charge >= 0.3 is 5.00 Å². The average Bonchev–Trinajstić information content (AvgIpc) is 2.65. The number of rotatable bonds is 4. The third-order valence-electron chi connectivity index (χ3n) is 1.36. The lowest BCUT2D eigenvalue weighted by atomic mass is 10.5. The Kier molecular flexibility index (Phi) is 4.47. The van der Waals surface area contributed by atoms with Crippen molar-refractivity contribution in [2.45, 2.75) is 0 Å². The molecule has 0 amide bonds. The van der Waals surface area contributed by atoms with Gasteiger partial charge in [-0.3, -0.25) is 20.5 Å². The van der Waals surface area contributed by atoms with Crippen LogP contribution in [-0.2, 0) is 0 Å². The maximum atomic E-state index is 10.4. The van der Waals surface area contributed by atoms with Crippen LogP contribution in [0.2, 0.25) is 0 Å². The van der Waals surface area contributed by atoms with Gasteiger partial charge in [0.1, 0.15) is 0 Å². The van der Waals surface area contributed by atoms with Crippen molar-refractivity contribution in [2.75, 3.05) is 0 Å². The molecular weight excluding hydrogens is 252 g/mol. The molecule has 1 aromatic heterocycles. The summed E-state index contributed by atoms with van der Waals surface area (Å²) in [5.74, 6) is -0.364. The van der Waals surface area contributed by atoms with Gasteiger partial charge in [-0.05, 0) is 6.07 Å². The standard InChI is InChI=1S/C6H8N6O4S/c7-6(10-12(15)16)9-8-3-4-1-2-5(17-4)11(13)14/h1-3,15-16H,(H3,7,9,10). The molecule has 0 saturated carbocycles. The Morgan fingerprint density at radius 3 is 2.88 bits per heavy atom. The predicted octanol–water partition coefficient (Wildman–Crippen LogP) is -0.110. The summed E-state index contributed by atoms with van der Waals surface area (Å²) in [6.07, 6.45) is 1.24. The summed E-state index contributed by atoms with van der Waals surface area (Å²) in [4.78, 5) is 10.4. The van der Waals surface area contributed by atoms with E-state index >= 15 is 0 Å². The second kappa shape index (κ2) is 5.86. The van der Waals surface area contributed by atoms with E-state index in [1.54, 1.807) is 5.43 Å². The van der Waals surface area contributed by atoms with Crippen molar-refractivity contribution in [3.63, 3.8) is 0 Å². The lowest BCUT2D eigenvalue weighted by Gasteiger charge is -2.05. The summed E-state index contributed by atoms with van der Waals surface area (Å²) in [6, 6.07) is 2.83. The van der Waals surface area contributed by atoms with E-state index in [4.69, 9.17) is 16.1 Å². The molecule has 0 spiro atoms. The molecule has 0 aliphatic carbocycles. The minimum absolute atomic E-state index is 0.0154. The number of guanidine groups is 1. The Morgan fingerprint density at radius 1 is 1.65 bits per heavy atom. The molecule has 1 heterocycles. The molecule has 0 aliphatic rings. The van der Waals surface area contributed by atoms with Gasteiger partial charge in [0.25, 0.3) is 0 Å². The molecule has 0 aliphatic heterocycles. The van der Waals surface area contributed by atoms with E-state index < -0.39 is 4.92 Å². The Morgan fingerprint density at radius 2 is 2.35 bits per heavy atom. The first-order valence-electron chi connectivity index (χ1n) is 4.04. The van der Waals surface area contributed by atoms with Crippen LogP contribution in [0.5, 0.6) is 0 Å². The van der Waals surface area contributed by atoms with E-state index in [0.717, 1.165) is 11.3 Å². The molecule has 10 nitrogen and oxygen atoms in total. The van der Waals surface area contributed by atoms with E-state index in [2.05, 4.69) is 10.2 Å². The van der Waals surface area contributed by atoms with Crippen LogP contribution in [0.3, 0.4) is 0 Å². The van der Waals surface area contributed by atoms with Crippen LogP contribution in [0.1, 0.15) is 4.88 Å². The fourth-order valence-corrected chi connectivity index (χ4v) is 1.47. The lowest BCUT2D eigenvalue weighted by molar-refractivity contribution is -0.380. The van der Waals surface area contributed by atoms with Crippen molar-refractivity contribution in [3.05, 3.63) is 27.1 Å². The van der Waals surface area contributed by atoms with Crippen molar-refractivity contribution in [1.29, 1.82) is 0 Å². The summed E-state index contributed by atoms with van der Waals surface area (Å²) in [6.45, 7) is 0. The number of nitrogens with two attached hydrogens (primary N) is 1. The van der Waals surface area contributed by atoms with Gasteiger partial charge in [0.15, 0.2) is 0 Å². The maximum Gasteiger partial charge on any atom is 0.324 e. The topological polar surface area (TPSA) is 150 Å². The molecule has 0 saturated heterocycles. The second-order valence-electron chi connectivity index (χ2n) is 2.56. The summed E-state index contributed by atoms with van der Waals surface area (Å²) >= 11 is 0.918. The molecule has 1 rings (SSSR count). The van der Waals surface area contributed by atoms with Crippen LogP contribution in [0, 0.1) is 10.1 Å². The van der Waals surface area contributed by atoms with Crippen molar-refractivity contribution in [3.8, 4) is 0 Å². The third-order valence-corrected chi connectivity index (χ3v) is 2.33. The number of hydrazine groups is 1. The molecule has 0 bridgehead atoms. The van der Waals surface area contributed by atoms with Crippen molar-refractivity contribution >= 4 is 28.5 Å². The normalized spacial score (nSPS) is 12.3. The molecule has 92 valence electrons. The number of hydrogen-bond acceptors (Lipinski definition) is 8. The Bertz CT molecular complexity index is 455. The van der Waals surface area contributed by atoms with E-state index in [1.807, 2.05) is 0 Å². The van der Waals surface area contributed by atoms with E-state index in [9.17, 15) is 10.1 Å². The van der Waals surface area contributed by atoms with Gasteiger partial charge in [-0.25, -0.2) is 5.43 Å². The second-order valence-corrected chi connectivity index (χ2v) is 3.66. The molecule has 0 atom stereocenters. The largest absolute Gasteiger partial charge is 0.367 e. The Hall–Kier alpha value is -2.08. The predicted molar refractivity (Wildman–Crippen MR) is 58.7 cm³/mol. The summed E-state index contributed by atoms with van der Waals surface area (Å²) < 4.78 is 0. The van der Waals surface area contributed by atoms with Crippen LogP contribution in [0.25, 0.3) is 0 Å². The average molecular weight is 260 g/mol. The van der Waals surface area contributed by atoms with Crippen molar-refractivity contribution in [1.82, 2.24) is 10.8 Å². The van der Waals surface area contributed by atoms with Crippen molar-refractivity contribution in [2.24, 2.45) is 15.9 Å². The maximum absolute atomic E-state index is 10.4. The highest BCUT2D eigenvalue weighted by molar-refractivity contribution is 7.16. The summed E-state index contributed by atoms with van der Waals surface area (Å²) in [5, 5.41) is 33.4. The van der Waals surface area contributed by atoms with Crippen LogP contribution < -0.4 is 11.2 Å². The number of nitro groups is 1. The number of hydrogen-bond donors (Lipinski definition) is 4. The third kappa shape index (κ3) is 4.52. The first-order chi connectivity index (χ1) is 7.99. The fraction of sp³-hybridized carbons (Fsp3) is 0. The van der Waals surface area contributed by atoms with E-state index in [1.165, 1.54) is 18.3 Å². The highest BCUT2D eigenvalue weighted by Gasteiger charge is 2.07. The highest BCUT2D eigenvalue weighted by Crippen LogP contribution is 2.22. The zero-order valence-electron chi connectivity index (χ0n) is 8.22. The quantitative estimate of drug-likeness (QED) is 0.255. The first-order valence-corrected chi connectivity index (χ1v) is 4.86. The lowest BCUT2D eigenvalue weighted by Crippen LogP contribution is -2.41. The Balaban J connectivity index is 2.61. The zero-order chi connectivity index (χ0) is 12.8. The molecular formula is C6H8N6O4S. The minimum atomic E-state index is -0.517. The summed E-state index contributed by atoms with van der Waals surface area (Å²) in [5.41, 5.74) is 6.96. The smallest absolute Gasteiger partial charge is 0.324 e. The molecule has 0 aromatic carbocycles. The first kappa shape index (κ1) is 13.0. The number of nitrogens with one attached hydrogen (secondary N) is 1. The zero-order valence-corrected chi connectivity index (χ0v) is 9.03. The van der Waals surface area contributed by atoms with Crippen molar-refractivity contribution < 1.29 is 15.3 Å². The highest BCUT2D eigenvalue weighted by atomic mass is 32.1. The van der Waals surface area contributed by atoms with Gasteiger partial charge in [0, 0.05) is 11.4 Å². The van der Waals surface area contributed by atoms with Crippen LogP contribution in [0.4, 0.5) is 5.00 Å². The molecule has 0 unspecified atom stereocenters. The van der Waals surface area contributed by atoms with Gasteiger partial charge in [0.05, 0.1) is 16.0 Å². The summed E-state index contributed by atoms with van der Waals surface area (Å²) in [7, 11) is 0. The Labute approximate surface area is 98.3 Å². The molecule has 1 aromatic rings. The van der Waals surface area contributed by atoms with Gasteiger partial charge in [-0.2, -0.15) is 5.10 Å². The molecule has 5 N–H and O–H groups in total. The minimum Gasteiger partial charge on any atom is -0.367 e. The van der Waals surface area contributed by atoms with E-state index in [-0.39, 0.29) is 16.3 Å². The van der Waals surface area contributed by atoms with Gasteiger partial charge < -0.3 is 5.73 Å².